The Labute approximate surface area is 235 Å². The summed E-state index contributed by atoms with van der Waals surface area (Å²) in [7, 11) is 1.20. The van der Waals surface area contributed by atoms with E-state index in [0.29, 0.717) is 12.1 Å². The molecule has 3 aromatic carbocycles. The lowest BCUT2D eigenvalue weighted by Crippen LogP contribution is -2.54. The maximum Gasteiger partial charge on any atom is 0.416 e. The molecule has 0 spiro atoms. The molecule has 0 unspecified atom stereocenters. The monoisotopic (exact) mass is 589 g/mol. The quantitative estimate of drug-likeness (QED) is 0.153. The number of carbonyl (C=O) groups excluding carboxylic acids is 3. The number of anilines is 1. The van der Waals surface area contributed by atoms with Crippen LogP contribution in [0.25, 0.3) is 6.08 Å². The topological polar surface area (TPSA) is 128 Å². The van der Waals surface area contributed by atoms with E-state index in [1.807, 2.05) is 6.92 Å². The standard InChI is InChI=1S/C27H19ClF3N3O7/c1-13-4-6-17(8-14(13)2)33-25(36)18(24(35)32-26(33)37)9-15-10-19(28)23(22(11-15)40-3)41-21-7-5-16(27(29,30)31)12-20(21)34(38)39/h4-12H,1-3H3,(H,32,35,37)/b18-9+. The van der Waals surface area contributed by atoms with Crippen LogP contribution in [0.1, 0.15) is 22.3 Å². The molecule has 1 N–H and O–H groups in total. The first-order valence-electron chi connectivity index (χ1n) is 11.6. The first-order valence-corrected chi connectivity index (χ1v) is 12.0. The molecule has 0 aliphatic carbocycles. The Morgan fingerprint density at radius 3 is 2.32 bits per heavy atom. The third kappa shape index (κ3) is 5.84. The van der Waals surface area contributed by atoms with E-state index in [1.165, 1.54) is 19.2 Å². The van der Waals surface area contributed by atoms with Gasteiger partial charge in [-0.15, -0.1) is 0 Å². The van der Waals surface area contributed by atoms with E-state index in [0.717, 1.165) is 28.2 Å². The SMILES string of the molecule is COc1cc(/C=C2\C(=O)NC(=O)N(c3ccc(C)c(C)c3)C2=O)cc(Cl)c1Oc1ccc(C(F)(F)F)cc1[N+](=O)[O-]. The average Bonchev–Trinajstić information content (AvgIpc) is 2.89. The summed E-state index contributed by atoms with van der Waals surface area (Å²) in [6, 6.07) is 8.18. The van der Waals surface area contributed by atoms with Gasteiger partial charge in [-0.3, -0.25) is 25.0 Å². The number of imide groups is 2. The Bertz CT molecular complexity index is 1650. The molecule has 0 radical (unpaired) electrons. The fourth-order valence-electron chi connectivity index (χ4n) is 3.88. The van der Waals surface area contributed by atoms with Gasteiger partial charge >= 0.3 is 17.9 Å². The first-order chi connectivity index (χ1) is 19.2. The zero-order valence-corrected chi connectivity index (χ0v) is 22.2. The first kappa shape index (κ1) is 29.1. The number of carbonyl (C=O) groups is 3. The van der Waals surface area contributed by atoms with Crippen LogP contribution in [-0.2, 0) is 15.8 Å². The van der Waals surface area contributed by atoms with Gasteiger partial charge in [0.05, 0.1) is 28.3 Å². The number of nitro benzene ring substituents is 1. The summed E-state index contributed by atoms with van der Waals surface area (Å²) in [6.07, 6.45) is -3.67. The van der Waals surface area contributed by atoms with Gasteiger partial charge in [-0.25, -0.2) is 9.69 Å². The summed E-state index contributed by atoms with van der Waals surface area (Å²) in [5, 5.41) is 13.3. The third-order valence-corrected chi connectivity index (χ3v) is 6.39. The lowest BCUT2D eigenvalue weighted by Gasteiger charge is -2.27. The number of rotatable bonds is 6. The van der Waals surface area contributed by atoms with Gasteiger partial charge in [-0.2, -0.15) is 13.2 Å². The number of aryl methyl sites for hydroxylation is 2. The Balaban J connectivity index is 1.72. The summed E-state index contributed by atoms with van der Waals surface area (Å²) in [5.74, 6) is -2.80. The predicted molar refractivity (Wildman–Crippen MR) is 141 cm³/mol. The number of halogens is 4. The Morgan fingerprint density at radius 2 is 1.71 bits per heavy atom. The molecule has 0 atom stereocenters. The number of nitrogens with one attached hydrogen (secondary N) is 1. The molecule has 14 heteroatoms. The highest BCUT2D eigenvalue weighted by atomic mass is 35.5. The third-order valence-electron chi connectivity index (χ3n) is 6.11. The van der Waals surface area contributed by atoms with Crippen LogP contribution in [0.4, 0.5) is 29.3 Å². The van der Waals surface area contributed by atoms with Crippen molar-refractivity contribution in [3.63, 3.8) is 0 Å². The molecule has 212 valence electrons. The molecule has 0 bridgehead atoms. The zero-order chi connectivity index (χ0) is 30.2. The minimum Gasteiger partial charge on any atom is -0.493 e. The second kappa shape index (κ2) is 10.9. The number of urea groups is 1. The van der Waals surface area contributed by atoms with Crippen molar-refractivity contribution in [3.8, 4) is 17.2 Å². The van der Waals surface area contributed by atoms with Gasteiger partial charge in [0.1, 0.15) is 5.57 Å². The Morgan fingerprint density at radius 1 is 1.00 bits per heavy atom. The fraction of sp³-hybridized carbons (Fsp3) is 0.148. The van der Waals surface area contributed by atoms with Crippen molar-refractivity contribution in [2.75, 3.05) is 12.0 Å². The highest BCUT2D eigenvalue weighted by molar-refractivity contribution is 6.39. The number of nitro groups is 1. The normalized spacial score (nSPS) is 14.8. The number of barbiturate groups is 1. The molecule has 1 heterocycles. The van der Waals surface area contributed by atoms with Crippen molar-refractivity contribution in [1.82, 2.24) is 5.32 Å². The Hall–Kier alpha value is -4.91. The summed E-state index contributed by atoms with van der Waals surface area (Å²) < 4.78 is 49.9. The molecule has 4 rings (SSSR count). The zero-order valence-electron chi connectivity index (χ0n) is 21.5. The van der Waals surface area contributed by atoms with Crippen molar-refractivity contribution in [2.24, 2.45) is 0 Å². The molecule has 41 heavy (non-hydrogen) atoms. The number of methoxy groups -OCH3 is 1. The van der Waals surface area contributed by atoms with Crippen molar-refractivity contribution in [2.45, 2.75) is 20.0 Å². The molecule has 10 nitrogen and oxygen atoms in total. The largest absolute Gasteiger partial charge is 0.493 e. The van der Waals surface area contributed by atoms with E-state index < -0.39 is 51.5 Å². The van der Waals surface area contributed by atoms with Crippen molar-refractivity contribution < 1.29 is 42.0 Å². The maximum atomic E-state index is 13.2. The van der Waals surface area contributed by atoms with Crippen LogP contribution < -0.4 is 19.7 Å². The average molecular weight is 590 g/mol. The molecule has 1 aliphatic rings. The number of hydrogen-bond donors (Lipinski definition) is 1. The van der Waals surface area contributed by atoms with Gasteiger partial charge in [0.15, 0.2) is 11.5 Å². The van der Waals surface area contributed by atoms with E-state index in [9.17, 15) is 37.7 Å². The highest BCUT2D eigenvalue weighted by Gasteiger charge is 2.37. The van der Waals surface area contributed by atoms with Crippen LogP contribution in [0.3, 0.4) is 0 Å². The van der Waals surface area contributed by atoms with E-state index >= 15 is 0 Å². The lowest BCUT2D eigenvalue weighted by atomic mass is 10.0. The summed E-state index contributed by atoms with van der Waals surface area (Å²) in [5.41, 5.74) is -0.499. The van der Waals surface area contributed by atoms with Crippen molar-refractivity contribution in [1.29, 1.82) is 0 Å². The number of alkyl halides is 3. The van der Waals surface area contributed by atoms with E-state index in [1.54, 1.807) is 25.1 Å². The van der Waals surface area contributed by atoms with E-state index in [2.05, 4.69) is 5.32 Å². The van der Waals surface area contributed by atoms with Crippen molar-refractivity contribution >= 4 is 46.9 Å². The highest BCUT2D eigenvalue weighted by Crippen LogP contribution is 2.44. The van der Waals surface area contributed by atoms with Crippen LogP contribution >= 0.6 is 11.6 Å². The van der Waals surface area contributed by atoms with Gasteiger partial charge in [0.2, 0.25) is 5.75 Å². The smallest absolute Gasteiger partial charge is 0.416 e. The molecule has 1 fully saturated rings. The van der Waals surface area contributed by atoms with Gasteiger partial charge in [0, 0.05) is 6.07 Å². The number of amides is 4. The van der Waals surface area contributed by atoms with Gasteiger partial charge in [0.25, 0.3) is 11.8 Å². The molecule has 1 aliphatic heterocycles. The molecule has 0 aromatic heterocycles. The number of benzene rings is 3. The van der Waals surface area contributed by atoms with Gasteiger partial charge in [-0.1, -0.05) is 17.7 Å². The second-order valence-electron chi connectivity index (χ2n) is 8.80. The Kier molecular flexibility index (Phi) is 7.75. The lowest BCUT2D eigenvalue weighted by molar-refractivity contribution is -0.385. The van der Waals surface area contributed by atoms with Crippen LogP contribution in [0.15, 0.2) is 54.1 Å². The minimum atomic E-state index is -4.82. The van der Waals surface area contributed by atoms with Crippen LogP contribution in [0.2, 0.25) is 5.02 Å². The van der Waals surface area contributed by atoms with E-state index in [4.69, 9.17) is 21.1 Å². The maximum absolute atomic E-state index is 13.2. The number of hydrogen-bond acceptors (Lipinski definition) is 7. The molecule has 1 saturated heterocycles. The van der Waals surface area contributed by atoms with Crippen LogP contribution in [0, 0.1) is 24.0 Å². The van der Waals surface area contributed by atoms with E-state index in [-0.39, 0.29) is 27.8 Å². The van der Waals surface area contributed by atoms with Gasteiger partial charge in [-0.05, 0) is 73.0 Å². The fourth-order valence-corrected chi connectivity index (χ4v) is 4.14. The summed E-state index contributed by atoms with van der Waals surface area (Å²) in [6.45, 7) is 3.65. The molecular formula is C27H19ClF3N3O7. The molecule has 4 amide bonds. The molecular weight excluding hydrogens is 571 g/mol. The molecule has 3 aromatic rings. The van der Waals surface area contributed by atoms with Crippen LogP contribution in [-0.4, -0.2) is 29.9 Å². The predicted octanol–water partition coefficient (Wildman–Crippen LogP) is 6.35. The minimum absolute atomic E-state index is 0.121. The second-order valence-corrected chi connectivity index (χ2v) is 9.21. The van der Waals surface area contributed by atoms with Crippen molar-refractivity contribution in [3.05, 3.63) is 91.5 Å². The summed E-state index contributed by atoms with van der Waals surface area (Å²) in [4.78, 5) is 49.5. The summed E-state index contributed by atoms with van der Waals surface area (Å²) >= 11 is 6.34. The van der Waals surface area contributed by atoms with Crippen LogP contribution in [0.5, 0.6) is 17.2 Å². The number of ether oxygens (including phenoxy) is 2. The molecule has 0 saturated carbocycles. The number of nitrogens with zero attached hydrogens (tertiary/aromatic N) is 2. The van der Waals surface area contributed by atoms with Gasteiger partial charge < -0.3 is 9.47 Å².